The van der Waals surface area contributed by atoms with E-state index in [-0.39, 0.29) is 18.4 Å². The Kier molecular flexibility index (Phi) is 5.25. The Labute approximate surface area is 95.8 Å². The molecule has 1 heterocycles. The maximum Gasteiger partial charge on any atom is 0.303 e. The van der Waals surface area contributed by atoms with Gasteiger partial charge in [0.15, 0.2) is 0 Å². The Morgan fingerprint density at radius 3 is 2.81 bits per heavy atom. The third kappa shape index (κ3) is 4.18. The van der Waals surface area contributed by atoms with Crippen LogP contribution in [0.2, 0.25) is 0 Å². The first-order valence-corrected chi connectivity index (χ1v) is 5.80. The molecular weight excluding hydrogens is 208 g/mol. The van der Waals surface area contributed by atoms with Crippen LogP contribution >= 0.6 is 0 Å². The van der Waals surface area contributed by atoms with Crippen molar-refractivity contribution in [3.8, 4) is 0 Å². The molecule has 16 heavy (non-hydrogen) atoms. The maximum absolute atomic E-state index is 11.3. The second kappa shape index (κ2) is 6.48. The van der Waals surface area contributed by atoms with Gasteiger partial charge in [-0.05, 0) is 25.8 Å². The van der Waals surface area contributed by atoms with Crippen molar-refractivity contribution < 1.29 is 14.7 Å². The number of aliphatic carboxylic acids is 1. The minimum Gasteiger partial charge on any atom is -0.481 e. The molecular formula is C11H20N2O3. The van der Waals surface area contributed by atoms with Crippen LogP contribution in [-0.4, -0.2) is 48.1 Å². The average Bonchev–Trinajstić information content (AvgIpc) is 2.27. The lowest BCUT2D eigenvalue weighted by Crippen LogP contribution is -2.45. The van der Waals surface area contributed by atoms with Gasteiger partial charge in [0.05, 0.1) is 6.54 Å². The number of nitrogens with one attached hydrogen (secondary N) is 1. The van der Waals surface area contributed by atoms with Gasteiger partial charge < -0.3 is 10.4 Å². The van der Waals surface area contributed by atoms with Crippen molar-refractivity contribution in [3.05, 3.63) is 0 Å². The Balaban J connectivity index is 2.43. The zero-order valence-electron chi connectivity index (χ0n) is 9.74. The van der Waals surface area contributed by atoms with Crippen molar-refractivity contribution in [2.45, 2.75) is 38.1 Å². The summed E-state index contributed by atoms with van der Waals surface area (Å²) in [5.74, 6) is -0.757. The highest BCUT2D eigenvalue weighted by Crippen LogP contribution is 2.20. The van der Waals surface area contributed by atoms with E-state index in [0.717, 1.165) is 25.8 Å². The van der Waals surface area contributed by atoms with Gasteiger partial charge in [-0.2, -0.15) is 0 Å². The molecule has 0 bridgehead atoms. The van der Waals surface area contributed by atoms with Crippen LogP contribution in [0.4, 0.5) is 0 Å². The summed E-state index contributed by atoms with van der Waals surface area (Å²) < 4.78 is 0. The van der Waals surface area contributed by atoms with Crippen molar-refractivity contribution in [2.24, 2.45) is 0 Å². The van der Waals surface area contributed by atoms with E-state index in [1.165, 1.54) is 0 Å². The standard InChI is InChI=1S/C11H20N2O3/c1-12-10(14)8-13-7-3-2-4-9(13)5-6-11(15)16/h9H,2-8H2,1H3,(H,12,14)(H,15,16). The van der Waals surface area contributed by atoms with Gasteiger partial charge in [-0.1, -0.05) is 6.42 Å². The molecule has 0 saturated carbocycles. The molecule has 1 fully saturated rings. The van der Waals surface area contributed by atoms with Crippen molar-refractivity contribution in [1.29, 1.82) is 0 Å². The van der Waals surface area contributed by atoms with E-state index in [1.807, 2.05) is 0 Å². The van der Waals surface area contributed by atoms with Gasteiger partial charge in [-0.3, -0.25) is 14.5 Å². The second-order valence-electron chi connectivity index (χ2n) is 4.23. The van der Waals surface area contributed by atoms with E-state index in [9.17, 15) is 9.59 Å². The van der Waals surface area contributed by atoms with Crippen LogP contribution in [0.1, 0.15) is 32.1 Å². The molecule has 1 aliphatic heterocycles. The summed E-state index contributed by atoms with van der Waals surface area (Å²) >= 11 is 0. The highest BCUT2D eigenvalue weighted by Gasteiger charge is 2.24. The molecule has 0 spiro atoms. The minimum absolute atomic E-state index is 0.00206. The third-order valence-electron chi connectivity index (χ3n) is 3.07. The summed E-state index contributed by atoms with van der Waals surface area (Å²) in [6.07, 6.45) is 4.07. The van der Waals surface area contributed by atoms with Crippen molar-refractivity contribution in [2.75, 3.05) is 20.1 Å². The van der Waals surface area contributed by atoms with E-state index >= 15 is 0 Å². The van der Waals surface area contributed by atoms with Crippen LogP contribution in [0.25, 0.3) is 0 Å². The van der Waals surface area contributed by atoms with E-state index < -0.39 is 5.97 Å². The molecule has 0 aromatic rings. The summed E-state index contributed by atoms with van der Waals surface area (Å²) in [5, 5.41) is 11.3. The van der Waals surface area contributed by atoms with Gasteiger partial charge in [-0.15, -0.1) is 0 Å². The number of amides is 1. The van der Waals surface area contributed by atoms with Gasteiger partial charge in [-0.25, -0.2) is 0 Å². The first-order valence-electron chi connectivity index (χ1n) is 5.80. The predicted octanol–water partition coefficient (Wildman–Crippen LogP) is 0.452. The largest absolute Gasteiger partial charge is 0.481 e. The average molecular weight is 228 g/mol. The van der Waals surface area contributed by atoms with Crippen molar-refractivity contribution >= 4 is 11.9 Å². The van der Waals surface area contributed by atoms with Crippen LogP contribution < -0.4 is 5.32 Å². The van der Waals surface area contributed by atoms with Gasteiger partial charge in [0.2, 0.25) is 5.91 Å². The fraction of sp³-hybridized carbons (Fsp3) is 0.818. The number of piperidine rings is 1. The van der Waals surface area contributed by atoms with Crippen LogP contribution in [0.3, 0.4) is 0 Å². The van der Waals surface area contributed by atoms with E-state index in [4.69, 9.17) is 5.11 Å². The number of hydrogen-bond acceptors (Lipinski definition) is 3. The lowest BCUT2D eigenvalue weighted by molar-refractivity contribution is -0.137. The predicted molar refractivity (Wildman–Crippen MR) is 60.1 cm³/mol. The molecule has 2 N–H and O–H groups in total. The topological polar surface area (TPSA) is 69.6 Å². The number of likely N-dealkylation sites (N-methyl/N-ethyl adjacent to an activating group) is 1. The smallest absolute Gasteiger partial charge is 0.303 e. The molecule has 1 saturated heterocycles. The van der Waals surface area contributed by atoms with E-state index in [1.54, 1.807) is 7.05 Å². The summed E-state index contributed by atoms with van der Waals surface area (Å²) in [7, 11) is 1.62. The number of carboxylic acids is 1. The Bertz CT molecular complexity index is 256. The highest BCUT2D eigenvalue weighted by atomic mass is 16.4. The second-order valence-corrected chi connectivity index (χ2v) is 4.23. The summed E-state index contributed by atoms with van der Waals surface area (Å²) in [4.78, 5) is 23.9. The first kappa shape index (κ1) is 13.0. The van der Waals surface area contributed by atoms with Crippen LogP contribution in [0, 0.1) is 0 Å². The molecule has 0 aromatic heterocycles. The number of likely N-dealkylation sites (tertiary alicyclic amines) is 1. The van der Waals surface area contributed by atoms with Crippen molar-refractivity contribution in [1.82, 2.24) is 10.2 Å². The van der Waals surface area contributed by atoms with Crippen LogP contribution in [0.5, 0.6) is 0 Å². The zero-order chi connectivity index (χ0) is 12.0. The molecule has 0 aromatic carbocycles. The molecule has 0 aliphatic carbocycles. The Morgan fingerprint density at radius 1 is 1.44 bits per heavy atom. The lowest BCUT2D eigenvalue weighted by atomic mass is 9.98. The summed E-state index contributed by atoms with van der Waals surface area (Å²) in [6, 6.07) is 0.252. The minimum atomic E-state index is -0.759. The molecule has 92 valence electrons. The number of hydrogen-bond donors (Lipinski definition) is 2. The van der Waals surface area contributed by atoms with Crippen LogP contribution in [-0.2, 0) is 9.59 Å². The van der Waals surface area contributed by atoms with Gasteiger partial charge in [0, 0.05) is 19.5 Å². The number of rotatable bonds is 5. The zero-order valence-corrected chi connectivity index (χ0v) is 9.74. The quantitative estimate of drug-likeness (QED) is 0.717. The molecule has 5 heteroatoms. The number of carbonyl (C=O) groups is 2. The first-order chi connectivity index (χ1) is 7.63. The normalized spacial score (nSPS) is 21.7. The molecule has 1 unspecified atom stereocenters. The number of carboxylic acid groups (broad SMARTS) is 1. The molecule has 1 amide bonds. The SMILES string of the molecule is CNC(=O)CN1CCCCC1CCC(=O)O. The van der Waals surface area contributed by atoms with Crippen molar-refractivity contribution in [3.63, 3.8) is 0 Å². The molecule has 5 nitrogen and oxygen atoms in total. The molecule has 1 aliphatic rings. The maximum atomic E-state index is 11.3. The molecule has 0 radical (unpaired) electrons. The lowest BCUT2D eigenvalue weighted by Gasteiger charge is -2.34. The van der Waals surface area contributed by atoms with E-state index in [2.05, 4.69) is 10.2 Å². The van der Waals surface area contributed by atoms with Gasteiger partial charge in [0.25, 0.3) is 0 Å². The van der Waals surface area contributed by atoms with Crippen LogP contribution in [0.15, 0.2) is 0 Å². The van der Waals surface area contributed by atoms with Gasteiger partial charge >= 0.3 is 5.97 Å². The Hall–Kier alpha value is -1.10. The monoisotopic (exact) mass is 228 g/mol. The van der Waals surface area contributed by atoms with Gasteiger partial charge in [0.1, 0.15) is 0 Å². The Morgan fingerprint density at radius 2 is 2.19 bits per heavy atom. The summed E-state index contributed by atoms with van der Waals surface area (Å²) in [5.41, 5.74) is 0. The number of carbonyl (C=O) groups excluding carboxylic acids is 1. The summed E-state index contributed by atoms with van der Waals surface area (Å²) in [6.45, 7) is 1.29. The molecule has 1 rings (SSSR count). The highest BCUT2D eigenvalue weighted by molar-refractivity contribution is 5.77. The van der Waals surface area contributed by atoms with E-state index in [0.29, 0.717) is 13.0 Å². The fourth-order valence-electron chi connectivity index (χ4n) is 2.15. The number of nitrogens with zero attached hydrogens (tertiary/aromatic N) is 1. The third-order valence-corrected chi connectivity index (χ3v) is 3.07. The fourth-order valence-corrected chi connectivity index (χ4v) is 2.15. The molecule has 1 atom stereocenters.